The van der Waals surface area contributed by atoms with Gasteiger partial charge >= 0.3 is 5.97 Å². The molecule has 1 fully saturated rings. The molecule has 0 radical (unpaired) electrons. The third kappa shape index (κ3) is 10.3. The van der Waals surface area contributed by atoms with Crippen molar-refractivity contribution in [3.8, 4) is 0 Å². The van der Waals surface area contributed by atoms with Crippen LogP contribution in [0.15, 0.2) is 36.4 Å². The quantitative estimate of drug-likeness (QED) is 0.187. The number of nitrogens with one attached hydrogen (secondary N) is 3. The van der Waals surface area contributed by atoms with E-state index < -0.39 is 47.4 Å². The molecule has 12 heteroatoms. The molecule has 3 N–H and O–H groups in total. The van der Waals surface area contributed by atoms with Crippen molar-refractivity contribution in [1.82, 2.24) is 25.8 Å². The van der Waals surface area contributed by atoms with Gasteiger partial charge in [-0.1, -0.05) is 52.0 Å². The number of imide groups is 1. The van der Waals surface area contributed by atoms with E-state index in [0.29, 0.717) is 50.3 Å². The summed E-state index contributed by atoms with van der Waals surface area (Å²) in [6.45, 7) is 17.6. The molecule has 1 saturated heterocycles. The lowest BCUT2D eigenvalue weighted by Crippen LogP contribution is -2.59. The normalized spacial score (nSPS) is 17.8. The minimum atomic E-state index is -1.02. The van der Waals surface area contributed by atoms with Crippen molar-refractivity contribution >= 4 is 40.4 Å². The van der Waals surface area contributed by atoms with Crippen LogP contribution in [0.5, 0.6) is 0 Å². The Hall–Kier alpha value is -3.87. The molecular formula is C38H55N5O7. The van der Waals surface area contributed by atoms with E-state index in [4.69, 9.17) is 9.47 Å². The van der Waals surface area contributed by atoms with Crippen LogP contribution in [0, 0.1) is 11.8 Å². The standard InChI is InChI=1S/C38H55N5O7/c1-23(2)19-31(34(45)41-32(20-24(3)4)33(44)39-25(5)42-15-17-49-18-16-42)40-30(37(48)50-38(6,7)8)13-14-43-35(46)28-21-26-11-9-10-12-27(26)22-29(28)36(43)47/h9-12,21-25,30-32,40H,13-20H2,1-8H3,(H,39,44)(H,41,45)/t25?,30?,31-,32-/m0/s1. The van der Waals surface area contributed by atoms with Crippen LogP contribution < -0.4 is 16.0 Å². The molecule has 0 bridgehead atoms. The molecule has 12 nitrogen and oxygen atoms in total. The fourth-order valence-corrected chi connectivity index (χ4v) is 6.38. The summed E-state index contributed by atoms with van der Waals surface area (Å²) in [6, 6.07) is 8.29. The number of rotatable bonds is 15. The van der Waals surface area contributed by atoms with Crippen molar-refractivity contribution in [3.63, 3.8) is 0 Å². The van der Waals surface area contributed by atoms with Gasteiger partial charge in [-0.05, 0) is 81.7 Å². The number of fused-ring (bicyclic) bond motifs is 2. The van der Waals surface area contributed by atoms with E-state index >= 15 is 0 Å². The predicted octanol–water partition coefficient (Wildman–Crippen LogP) is 3.87. The zero-order valence-corrected chi connectivity index (χ0v) is 30.8. The molecule has 2 heterocycles. The lowest BCUT2D eigenvalue weighted by atomic mass is 9.99. The first-order chi connectivity index (χ1) is 23.5. The first-order valence-corrected chi connectivity index (χ1v) is 17.8. The Bertz CT molecular complexity index is 1490. The van der Waals surface area contributed by atoms with Crippen LogP contribution in [-0.2, 0) is 23.9 Å². The maximum Gasteiger partial charge on any atom is 0.323 e. The maximum atomic E-state index is 14.0. The molecule has 4 rings (SSSR count). The maximum absolute atomic E-state index is 14.0. The SMILES string of the molecule is CC(C)C[C@H](NC(=O)[C@H](CC(C)C)NC(CCN1C(=O)c2cc3ccccc3cc2C1=O)C(=O)OC(C)(C)C)C(=O)NC(C)N1CCOCC1. The van der Waals surface area contributed by atoms with Crippen LogP contribution >= 0.6 is 0 Å². The Labute approximate surface area is 296 Å². The first kappa shape index (κ1) is 38.9. The molecule has 0 saturated carbocycles. The van der Waals surface area contributed by atoms with Gasteiger partial charge in [0.2, 0.25) is 11.8 Å². The minimum absolute atomic E-state index is 0.0226. The number of esters is 1. The van der Waals surface area contributed by atoms with Gasteiger partial charge in [-0.25, -0.2) is 0 Å². The first-order valence-electron chi connectivity index (χ1n) is 17.8. The van der Waals surface area contributed by atoms with Crippen LogP contribution in [0.25, 0.3) is 10.8 Å². The lowest BCUT2D eigenvalue weighted by molar-refractivity contribution is -0.158. The van der Waals surface area contributed by atoms with E-state index in [1.165, 1.54) is 0 Å². The third-order valence-electron chi connectivity index (χ3n) is 8.88. The third-order valence-corrected chi connectivity index (χ3v) is 8.88. The topological polar surface area (TPSA) is 146 Å². The number of hydrogen-bond donors (Lipinski definition) is 3. The van der Waals surface area contributed by atoms with E-state index in [2.05, 4.69) is 20.9 Å². The van der Waals surface area contributed by atoms with Gasteiger partial charge in [0.15, 0.2) is 0 Å². The molecule has 0 aromatic heterocycles. The number of morpholine rings is 1. The smallest absolute Gasteiger partial charge is 0.323 e. The van der Waals surface area contributed by atoms with Gasteiger partial charge in [0, 0.05) is 19.6 Å². The zero-order valence-electron chi connectivity index (χ0n) is 30.8. The fourth-order valence-electron chi connectivity index (χ4n) is 6.38. The van der Waals surface area contributed by atoms with Gasteiger partial charge in [-0.2, -0.15) is 0 Å². The zero-order chi connectivity index (χ0) is 36.7. The second kappa shape index (κ2) is 16.9. The molecule has 4 atom stereocenters. The van der Waals surface area contributed by atoms with Gasteiger partial charge in [0.05, 0.1) is 36.5 Å². The van der Waals surface area contributed by atoms with Crippen molar-refractivity contribution in [2.24, 2.45) is 11.8 Å². The summed E-state index contributed by atoms with van der Waals surface area (Å²) in [5.41, 5.74) is -0.171. The van der Waals surface area contributed by atoms with E-state index in [0.717, 1.165) is 15.7 Å². The summed E-state index contributed by atoms with van der Waals surface area (Å²) < 4.78 is 11.2. The number of hydrogen-bond acceptors (Lipinski definition) is 9. The molecule has 2 aliphatic heterocycles. The van der Waals surface area contributed by atoms with E-state index in [1.54, 1.807) is 32.9 Å². The second-order valence-electron chi connectivity index (χ2n) is 15.3. The summed E-state index contributed by atoms with van der Waals surface area (Å²) >= 11 is 0. The van der Waals surface area contributed by atoms with E-state index in [9.17, 15) is 24.0 Å². The van der Waals surface area contributed by atoms with Crippen molar-refractivity contribution < 1.29 is 33.4 Å². The fraction of sp³-hybridized carbons (Fsp3) is 0.605. The van der Waals surface area contributed by atoms with Gasteiger partial charge in [0.25, 0.3) is 11.8 Å². The van der Waals surface area contributed by atoms with Crippen molar-refractivity contribution in [2.75, 3.05) is 32.8 Å². The van der Waals surface area contributed by atoms with Crippen LogP contribution in [0.3, 0.4) is 0 Å². The number of nitrogens with zero attached hydrogens (tertiary/aromatic N) is 2. The van der Waals surface area contributed by atoms with Crippen LogP contribution in [-0.4, -0.2) is 102 Å². The molecular weight excluding hydrogens is 638 g/mol. The lowest BCUT2D eigenvalue weighted by Gasteiger charge is -2.34. The number of benzene rings is 2. The summed E-state index contributed by atoms with van der Waals surface area (Å²) in [7, 11) is 0. The summed E-state index contributed by atoms with van der Waals surface area (Å²) in [4.78, 5) is 71.3. The average molecular weight is 694 g/mol. The highest BCUT2D eigenvalue weighted by molar-refractivity contribution is 6.23. The van der Waals surface area contributed by atoms with Gasteiger partial charge in [-0.15, -0.1) is 0 Å². The van der Waals surface area contributed by atoms with Crippen LogP contribution in [0.1, 0.15) is 95.4 Å². The monoisotopic (exact) mass is 693 g/mol. The molecule has 50 heavy (non-hydrogen) atoms. The highest BCUT2D eigenvalue weighted by Gasteiger charge is 2.38. The molecule has 0 aliphatic carbocycles. The Kier molecular flexibility index (Phi) is 13.2. The molecule has 2 aromatic rings. The average Bonchev–Trinajstić information content (AvgIpc) is 3.27. The van der Waals surface area contributed by atoms with Crippen molar-refractivity contribution in [2.45, 2.75) is 105 Å². The van der Waals surface area contributed by atoms with Gasteiger partial charge < -0.3 is 20.1 Å². The summed E-state index contributed by atoms with van der Waals surface area (Å²) in [5, 5.41) is 10.9. The van der Waals surface area contributed by atoms with Crippen LogP contribution in [0.4, 0.5) is 0 Å². The molecule has 2 unspecified atom stereocenters. The van der Waals surface area contributed by atoms with Crippen molar-refractivity contribution in [3.05, 3.63) is 47.5 Å². The highest BCUT2D eigenvalue weighted by Crippen LogP contribution is 2.28. The van der Waals surface area contributed by atoms with Crippen molar-refractivity contribution in [1.29, 1.82) is 0 Å². The van der Waals surface area contributed by atoms with Gasteiger partial charge in [0.1, 0.15) is 17.7 Å². The Morgan fingerprint density at radius 1 is 0.800 bits per heavy atom. The largest absolute Gasteiger partial charge is 0.459 e. The van der Waals surface area contributed by atoms with E-state index in [1.807, 2.05) is 58.9 Å². The number of carbonyl (C=O) groups excluding carboxylic acids is 5. The van der Waals surface area contributed by atoms with E-state index in [-0.39, 0.29) is 36.9 Å². The Morgan fingerprint density at radius 3 is 1.84 bits per heavy atom. The number of amides is 4. The number of carbonyl (C=O) groups is 5. The Balaban J connectivity index is 1.51. The molecule has 4 amide bonds. The highest BCUT2D eigenvalue weighted by atomic mass is 16.6. The molecule has 2 aromatic carbocycles. The number of ether oxygens (including phenoxy) is 2. The summed E-state index contributed by atoms with van der Waals surface area (Å²) in [6.07, 6.45) is 0.575. The second-order valence-corrected chi connectivity index (χ2v) is 15.3. The Morgan fingerprint density at radius 2 is 1.32 bits per heavy atom. The summed E-state index contributed by atoms with van der Waals surface area (Å²) in [5.74, 6) is -1.98. The minimum Gasteiger partial charge on any atom is -0.459 e. The molecule has 0 spiro atoms. The molecule has 274 valence electrons. The van der Waals surface area contributed by atoms with Crippen LogP contribution in [0.2, 0.25) is 0 Å². The van der Waals surface area contributed by atoms with Gasteiger partial charge in [-0.3, -0.25) is 39.1 Å². The molecule has 2 aliphatic rings. The predicted molar refractivity (Wildman–Crippen MR) is 191 cm³/mol.